The van der Waals surface area contributed by atoms with Crippen LogP contribution in [-0.4, -0.2) is 16.8 Å². The van der Waals surface area contributed by atoms with Crippen molar-refractivity contribution < 1.29 is 16.8 Å². The van der Waals surface area contributed by atoms with Crippen LogP contribution in [0.5, 0.6) is 0 Å². The molecule has 0 amide bonds. The molecule has 26 heavy (non-hydrogen) atoms. The van der Waals surface area contributed by atoms with E-state index >= 15 is 0 Å². The molecule has 0 aliphatic rings. The second-order valence-electron chi connectivity index (χ2n) is 6.74. The third-order valence-electron chi connectivity index (χ3n) is 4.07. The molecule has 0 saturated heterocycles. The first-order chi connectivity index (χ1) is 11.9. The van der Waals surface area contributed by atoms with E-state index in [4.69, 9.17) is 5.14 Å². The van der Waals surface area contributed by atoms with Crippen LogP contribution in [0.3, 0.4) is 0 Å². The summed E-state index contributed by atoms with van der Waals surface area (Å²) in [4.78, 5) is -0.167. The quantitative estimate of drug-likeness (QED) is 0.780. The number of hydrogen-bond donors (Lipinski definition) is 2. The maximum absolute atomic E-state index is 12.8. The van der Waals surface area contributed by atoms with Gasteiger partial charge in [-0.05, 0) is 47.2 Å². The normalized spacial score (nSPS) is 12.6. The molecule has 0 heterocycles. The molecule has 0 aromatic heterocycles. The van der Waals surface area contributed by atoms with Crippen molar-refractivity contribution in [1.29, 1.82) is 0 Å². The molecule has 8 heteroatoms. The minimum absolute atomic E-state index is 0.0295. The molecule has 142 valence electrons. The second-order valence-corrected chi connectivity index (χ2v) is 9.99. The Kier molecular flexibility index (Phi) is 5.79. The number of nitrogens with two attached hydrogens (primary N) is 1. The number of anilines is 1. The molecular weight excluding hydrogens is 372 g/mol. The Morgan fingerprint density at radius 1 is 0.769 bits per heavy atom. The largest absolute Gasteiger partial charge is 0.279 e. The van der Waals surface area contributed by atoms with E-state index in [1.165, 1.54) is 24.3 Å². The van der Waals surface area contributed by atoms with Gasteiger partial charge in [0.25, 0.3) is 10.0 Å². The molecule has 0 aliphatic heterocycles. The first kappa shape index (κ1) is 20.4. The van der Waals surface area contributed by atoms with Crippen LogP contribution in [-0.2, 0) is 20.0 Å². The van der Waals surface area contributed by atoms with E-state index in [9.17, 15) is 16.8 Å². The van der Waals surface area contributed by atoms with Gasteiger partial charge in [-0.25, -0.2) is 22.0 Å². The van der Waals surface area contributed by atoms with Crippen molar-refractivity contribution in [2.75, 3.05) is 4.72 Å². The molecule has 0 spiro atoms. The topological polar surface area (TPSA) is 106 Å². The molecule has 2 rings (SSSR count). The Balaban J connectivity index is 2.50. The lowest BCUT2D eigenvalue weighted by Crippen LogP contribution is -2.17. The highest BCUT2D eigenvalue weighted by Gasteiger charge is 2.21. The number of benzene rings is 2. The molecule has 0 radical (unpaired) electrons. The molecular formula is C18H24N2O4S2. The Morgan fingerprint density at radius 2 is 1.19 bits per heavy atom. The number of hydrogen-bond acceptors (Lipinski definition) is 4. The molecule has 0 unspecified atom stereocenters. The Morgan fingerprint density at radius 3 is 1.58 bits per heavy atom. The first-order valence-corrected chi connectivity index (χ1v) is 11.2. The van der Waals surface area contributed by atoms with Crippen LogP contribution in [0.1, 0.15) is 50.7 Å². The molecule has 2 aromatic carbocycles. The summed E-state index contributed by atoms with van der Waals surface area (Å²) >= 11 is 0. The van der Waals surface area contributed by atoms with Crippen LogP contribution in [0.2, 0.25) is 0 Å². The van der Waals surface area contributed by atoms with Gasteiger partial charge in [-0.15, -0.1) is 0 Å². The zero-order valence-corrected chi connectivity index (χ0v) is 16.9. The van der Waals surface area contributed by atoms with Crippen molar-refractivity contribution in [2.45, 2.75) is 49.3 Å². The fourth-order valence-corrected chi connectivity index (χ4v) is 4.30. The molecule has 3 N–H and O–H groups in total. The summed E-state index contributed by atoms with van der Waals surface area (Å²) < 4.78 is 51.0. The van der Waals surface area contributed by atoms with E-state index in [0.29, 0.717) is 5.69 Å². The summed E-state index contributed by atoms with van der Waals surface area (Å²) in [6.07, 6.45) is 0. The minimum Gasteiger partial charge on any atom is -0.279 e. The van der Waals surface area contributed by atoms with Crippen molar-refractivity contribution in [3.05, 3.63) is 53.6 Å². The second kappa shape index (κ2) is 7.38. The van der Waals surface area contributed by atoms with Crippen molar-refractivity contribution in [2.24, 2.45) is 5.14 Å². The maximum Gasteiger partial charge on any atom is 0.261 e. The molecule has 0 bridgehead atoms. The van der Waals surface area contributed by atoms with Gasteiger partial charge < -0.3 is 0 Å². The summed E-state index contributed by atoms with van der Waals surface area (Å²) in [7, 11) is -7.75. The van der Waals surface area contributed by atoms with E-state index in [0.717, 1.165) is 11.1 Å². The van der Waals surface area contributed by atoms with Gasteiger partial charge in [-0.1, -0.05) is 45.9 Å². The van der Waals surface area contributed by atoms with Crippen LogP contribution < -0.4 is 9.86 Å². The Bertz CT molecular complexity index is 968. The number of nitrogens with one attached hydrogen (secondary N) is 1. The van der Waals surface area contributed by atoms with Crippen LogP contribution in [0, 0.1) is 0 Å². The van der Waals surface area contributed by atoms with Crippen molar-refractivity contribution in [3.8, 4) is 0 Å². The zero-order valence-electron chi connectivity index (χ0n) is 15.2. The average Bonchev–Trinajstić information content (AvgIpc) is 2.53. The lowest BCUT2D eigenvalue weighted by molar-refractivity contribution is 0.595. The summed E-state index contributed by atoms with van der Waals surface area (Å²) in [5.74, 6) is 0.271. The number of sulfonamides is 2. The van der Waals surface area contributed by atoms with Gasteiger partial charge >= 0.3 is 0 Å². The van der Waals surface area contributed by atoms with Crippen LogP contribution in [0.25, 0.3) is 0 Å². The monoisotopic (exact) mass is 396 g/mol. The van der Waals surface area contributed by atoms with Crippen molar-refractivity contribution in [1.82, 2.24) is 0 Å². The highest BCUT2D eigenvalue weighted by molar-refractivity contribution is 7.92. The predicted molar refractivity (Wildman–Crippen MR) is 103 cm³/mol. The minimum atomic E-state index is -3.88. The van der Waals surface area contributed by atoms with Crippen LogP contribution in [0.15, 0.2) is 52.3 Å². The molecule has 0 atom stereocenters. The Labute approximate surface area is 155 Å². The lowest BCUT2D eigenvalue weighted by atomic mass is 9.93. The third kappa shape index (κ3) is 4.44. The van der Waals surface area contributed by atoms with Crippen LogP contribution in [0.4, 0.5) is 5.69 Å². The fraction of sp³-hybridized carbons (Fsp3) is 0.333. The first-order valence-electron chi connectivity index (χ1n) is 8.22. The third-order valence-corrected chi connectivity index (χ3v) is 6.37. The molecule has 0 saturated carbocycles. The van der Waals surface area contributed by atoms with Gasteiger partial charge in [-0.2, -0.15) is 0 Å². The van der Waals surface area contributed by atoms with Crippen molar-refractivity contribution >= 4 is 25.7 Å². The Hall–Kier alpha value is -1.90. The standard InChI is InChI=1S/C18H24N2O4S2/c1-12(2)16-6-5-7-17(13(3)4)18(16)20-26(23,24)15-10-8-14(9-11-15)25(19,21)22/h5-13,20H,1-4H3,(H2,19,21,22). The van der Waals surface area contributed by atoms with Gasteiger partial charge in [0.2, 0.25) is 10.0 Å². The summed E-state index contributed by atoms with van der Waals surface area (Å²) in [6.45, 7) is 7.99. The van der Waals surface area contributed by atoms with Gasteiger partial charge in [0, 0.05) is 0 Å². The maximum atomic E-state index is 12.8. The summed E-state index contributed by atoms with van der Waals surface area (Å²) in [6, 6.07) is 10.5. The fourth-order valence-electron chi connectivity index (χ4n) is 2.67. The van der Waals surface area contributed by atoms with Gasteiger partial charge in [0.15, 0.2) is 0 Å². The predicted octanol–water partition coefficient (Wildman–Crippen LogP) is 3.38. The van der Waals surface area contributed by atoms with E-state index in [-0.39, 0.29) is 21.6 Å². The van der Waals surface area contributed by atoms with Gasteiger partial charge in [0.1, 0.15) is 0 Å². The zero-order chi connectivity index (χ0) is 19.7. The highest BCUT2D eigenvalue weighted by atomic mass is 32.2. The number of primary sulfonamides is 1. The highest BCUT2D eigenvalue weighted by Crippen LogP contribution is 2.34. The van der Waals surface area contributed by atoms with E-state index in [1.54, 1.807) is 0 Å². The van der Waals surface area contributed by atoms with Gasteiger partial charge in [0.05, 0.1) is 15.5 Å². The van der Waals surface area contributed by atoms with Crippen LogP contribution >= 0.6 is 0 Å². The number of rotatable bonds is 6. The molecule has 0 aliphatic carbocycles. The van der Waals surface area contributed by atoms with E-state index in [2.05, 4.69) is 4.72 Å². The lowest BCUT2D eigenvalue weighted by Gasteiger charge is -2.21. The van der Waals surface area contributed by atoms with Crippen molar-refractivity contribution in [3.63, 3.8) is 0 Å². The summed E-state index contributed by atoms with van der Waals surface area (Å²) in [5, 5.41) is 5.05. The van der Waals surface area contributed by atoms with E-state index in [1.807, 2.05) is 45.9 Å². The SMILES string of the molecule is CC(C)c1cccc(C(C)C)c1NS(=O)(=O)c1ccc(S(N)(=O)=O)cc1. The van der Waals surface area contributed by atoms with E-state index < -0.39 is 20.0 Å². The average molecular weight is 397 g/mol. The smallest absolute Gasteiger partial charge is 0.261 e. The summed E-state index contributed by atoms with van der Waals surface area (Å²) in [5.41, 5.74) is 2.38. The molecule has 6 nitrogen and oxygen atoms in total. The molecule has 2 aromatic rings. The molecule has 0 fully saturated rings. The van der Waals surface area contributed by atoms with Gasteiger partial charge in [-0.3, -0.25) is 4.72 Å². The number of para-hydroxylation sites is 1.